The maximum atomic E-state index is 11.6. The summed E-state index contributed by atoms with van der Waals surface area (Å²) in [5, 5.41) is 1.09. The molecule has 0 saturated heterocycles. The van der Waals surface area contributed by atoms with Gasteiger partial charge in [-0.3, -0.25) is 4.98 Å². The lowest BCUT2D eigenvalue weighted by Crippen LogP contribution is -2.02. The van der Waals surface area contributed by atoms with Crippen molar-refractivity contribution in [1.82, 2.24) is 4.98 Å². The van der Waals surface area contributed by atoms with E-state index in [-0.39, 0.29) is 5.63 Å². The van der Waals surface area contributed by atoms with Gasteiger partial charge in [0.05, 0.1) is 5.52 Å². The van der Waals surface area contributed by atoms with Gasteiger partial charge in [0, 0.05) is 35.2 Å². The zero-order valence-electron chi connectivity index (χ0n) is 13.4. The number of hydrogen-bond donors (Lipinski definition) is 0. The minimum absolute atomic E-state index is 0.284. The summed E-state index contributed by atoms with van der Waals surface area (Å²) >= 11 is 0. The SMILES string of the molecule is CCCCCCc1oc(=O)ccc1-c1cnc2ccccc2c1. The van der Waals surface area contributed by atoms with Gasteiger partial charge in [0.2, 0.25) is 0 Å². The Hall–Kier alpha value is -2.42. The first-order valence-corrected chi connectivity index (χ1v) is 8.26. The Morgan fingerprint density at radius 2 is 1.91 bits per heavy atom. The highest BCUT2D eigenvalue weighted by molar-refractivity contribution is 5.83. The van der Waals surface area contributed by atoms with Crippen molar-refractivity contribution in [3.8, 4) is 11.1 Å². The maximum absolute atomic E-state index is 11.6. The molecule has 23 heavy (non-hydrogen) atoms. The van der Waals surface area contributed by atoms with Crippen LogP contribution in [0.5, 0.6) is 0 Å². The van der Waals surface area contributed by atoms with Crippen molar-refractivity contribution < 1.29 is 4.42 Å². The number of hydrogen-bond acceptors (Lipinski definition) is 3. The summed E-state index contributed by atoms with van der Waals surface area (Å²) in [6, 6.07) is 13.5. The Labute approximate surface area is 136 Å². The van der Waals surface area contributed by atoms with Crippen LogP contribution in [-0.4, -0.2) is 4.98 Å². The fraction of sp³-hybridized carbons (Fsp3) is 0.300. The molecular weight excluding hydrogens is 286 g/mol. The summed E-state index contributed by atoms with van der Waals surface area (Å²) in [5.41, 5.74) is 2.66. The fourth-order valence-electron chi connectivity index (χ4n) is 2.83. The van der Waals surface area contributed by atoms with Crippen LogP contribution in [0.4, 0.5) is 0 Å². The number of aryl methyl sites for hydroxylation is 1. The molecule has 0 radical (unpaired) electrons. The Morgan fingerprint density at radius 3 is 2.78 bits per heavy atom. The maximum Gasteiger partial charge on any atom is 0.335 e. The molecule has 0 bridgehead atoms. The smallest absolute Gasteiger partial charge is 0.335 e. The molecule has 3 heteroatoms. The molecule has 1 aromatic carbocycles. The van der Waals surface area contributed by atoms with E-state index >= 15 is 0 Å². The summed E-state index contributed by atoms with van der Waals surface area (Å²) in [4.78, 5) is 16.1. The summed E-state index contributed by atoms with van der Waals surface area (Å²) in [6.45, 7) is 2.19. The van der Waals surface area contributed by atoms with E-state index in [2.05, 4.69) is 18.0 Å². The number of pyridine rings is 1. The number of rotatable bonds is 6. The van der Waals surface area contributed by atoms with Gasteiger partial charge in [-0.2, -0.15) is 0 Å². The van der Waals surface area contributed by atoms with Crippen LogP contribution < -0.4 is 5.63 Å². The van der Waals surface area contributed by atoms with Crippen LogP contribution in [0, 0.1) is 0 Å². The molecule has 0 aliphatic carbocycles. The third-order valence-corrected chi connectivity index (χ3v) is 4.07. The predicted molar refractivity (Wildman–Crippen MR) is 93.6 cm³/mol. The molecule has 0 saturated carbocycles. The molecule has 3 aromatic rings. The van der Waals surface area contributed by atoms with Crippen molar-refractivity contribution in [2.45, 2.75) is 39.0 Å². The van der Waals surface area contributed by atoms with E-state index in [0.29, 0.717) is 0 Å². The van der Waals surface area contributed by atoms with E-state index in [1.165, 1.54) is 18.9 Å². The summed E-state index contributed by atoms with van der Waals surface area (Å²) in [6.07, 6.45) is 7.24. The highest BCUT2D eigenvalue weighted by Gasteiger charge is 2.10. The molecule has 3 rings (SSSR count). The average Bonchev–Trinajstić information content (AvgIpc) is 2.58. The number of unbranched alkanes of at least 4 members (excludes halogenated alkanes) is 3. The van der Waals surface area contributed by atoms with Crippen LogP contribution in [0.1, 0.15) is 38.4 Å². The third-order valence-electron chi connectivity index (χ3n) is 4.07. The molecule has 0 spiro atoms. The standard InChI is InChI=1S/C20H21NO2/c1-2-3-4-5-10-19-17(11-12-20(22)23-19)16-13-15-8-6-7-9-18(15)21-14-16/h6-9,11-14H,2-5,10H2,1H3. The van der Waals surface area contributed by atoms with E-state index in [4.69, 9.17) is 4.42 Å². The van der Waals surface area contributed by atoms with Crippen molar-refractivity contribution in [3.63, 3.8) is 0 Å². The van der Waals surface area contributed by atoms with Crippen LogP contribution >= 0.6 is 0 Å². The summed E-state index contributed by atoms with van der Waals surface area (Å²) < 4.78 is 5.47. The van der Waals surface area contributed by atoms with Gasteiger partial charge < -0.3 is 4.42 Å². The van der Waals surface area contributed by atoms with Crippen molar-refractivity contribution in [2.75, 3.05) is 0 Å². The molecule has 0 atom stereocenters. The van der Waals surface area contributed by atoms with Crippen LogP contribution in [0.25, 0.3) is 22.0 Å². The van der Waals surface area contributed by atoms with E-state index in [1.807, 2.05) is 36.5 Å². The zero-order chi connectivity index (χ0) is 16.1. The van der Waals surface area contributed by atoms with E-state index < -0.39 is 0 Å². The monoisotopic (exact) mass is 307 g/mol. The molecule has 0 aliphatic heterocycles. The Balaban J connectivity index is 1.95. The highest BCUT2D eigenvalue weighted by Crippen LogP contribution is 2.26. The zero-order valence-corrected chi connectivity index (χ0v) is 13.4. The number of fused-ring (bicyclic) bond motifs is 1. The topological polar surface area (TPSA) is 43.1 Å². The van der Waals surface area contributed by atoms with Crippen LogP contribution in [0.2, 0.25) is 0 Å². The predicted octanol–water partition coefficient (Wildman–Crippen LogP) is 4.98. The van der Waals surface area contributed by atoms with Gasteiger partial charge in [-0.25, -0.2) is 4.79 Å². The van der Waals surface area contributed by atoms with Gasteiger partial charge >= 0.3 is 5.63 Å². The van der Waals surface area contributed by atoms with Gasteiger partial charge in [-0.15, -0.1) is 0 Å². The lowest BCUT2D eigenvalue weighted by Gasteiger charge is -2.08. The van der Waals surface area contributed by atoms with Crippen LogP contribution in [0.3, 0.4) is 0 Å². The number of aromatic nitrogens is 1. The number of benzene rings is 1. The molecule has 2 aromatic heterocycles. The lowest BCUT2D eigenvalue weighted by atomic mass is 10.0. The van der Waals surface area contributed by atoms with Gasteiger partial charge in [0.25, 0.3) is 0 Å². The Bertz CT molecular complexity index is 851. The molecule has 0 amide bonds. The molecule has 2 heterocycles. The Kier molecular flexibility index (Phi) is 4.86. The third kappa shape index (κ3) is 3.67. The van der Waals surface area contributed by atoms with Crippen molar-refractivity contribution in [1.29, 1.82) is 0 Å². The lowest BCUT2D eigenvalue weighted by molar-refractivity contribution is 0.451. The van der Waals surface area contributed by atoms with Gasteiger partial charge in [0.1, 0.15) is 5.76 Å². The summed E-state index contributed by atoms with van der Waals surface area (Å²) in [7, 11) is 0. The van der Waals surface area contributed by atoms with E-state index in [1.54, 1.807) is 0 Å². The second-order valence-corrected chi connectivity index (χ2v) is 5.82. The minimum atomic E-state index is -0.284. The summed E-state index contributed by atoms with van der Waals surface area (Å²) in [5.74, 6) is 0.769. The Morgan fingerprint density at radius 1 is 1.04 bits per heavy atom. The van der Waals surface area contributed by atoms with Crippen molar-refractivity contribution in [2.24, 2.45) is 0 Å². The first-order valence-electron chi connectivity index (χ1n) is 8.26. The average molecular weight is 307 g/mol. The van der Waals surface area contributed by atoms with E-state index in [0.717, 1.165) is 47.1 Å². The van der Waals surface area contributed by atoms with Crippen molar-refractivity contribution >= 4 is 10.9 Å². The minimum Gasteiger partial charge on any atom is -0.427 e. The molecule has 0 N–H and O–H groups in total. The first-order chi connectivity index (χ1) is 11.3. The molecule has 0 fully saturated rings. The molecule has 118 valence electrons. The van der Waals surface area contributed by atoms with Gasteiger partial charge in [-0.05, 0) is 24.6 Å². The second-order valence-electron chi connectivity index (χ2n) is 5.82. The molecule has 3 nitrogen and oxygen atoms in total. The fourth-order valence-corrected chi connectivity index (χ4v) is 2.83. The van der Waals surface area contributed by atoms with Gasteiger partial charge in [0.15, 0.2) is 0 Å². The quantitative estimate of drug-likeness (QED) is 0.603. The normalized spacial score (nSPS) is 11.0. The molecule has 0 unspecified atom stereocenters. The van der Waals surface area contributed by atoms with Crippen molar-refractivity contribution in [3.05, 3.63) is 64.8 Å². The first kappa shape index (κ1) is 15.5. The second kappa shape index (κ2) is 7.23. The number of nitrogens with zero attached hydrogens (tertiary/aromatic N) is 1. The van der Waals surface area contributed by atoms with Gasteiger partial charge in [-0.1, -0.05) is 44.4 Å². The van der Waals surface area contributed by atoms with E-state index in [9.17, 15) is 4.79 Å². The van der Waals surface area contributed by atoms with Crippen LogP contribution in [-0.2, 0) is 6.42 Å². The molecule has 0 aliphatic rings. The molecular formula is C20H21NO2. The van der Waals surface area contributed by atoms with Crippen LogP contribution in [0.15, 0.2) is 57.9 Å². The number of para-hydroxylation sites is 1. The highest BCUT2D eigenvalue weighted by atomic mass is 16.4. The largest absolute Gasteiger partial charge is 0.427 e.